The Hall–Kier alpha value is -4.07. The van der Waals surface area contributed by atoms with Crippen molar-refractivity contribution in [3.8, 4) is 17.2 Å². The zero-order chi connectivity index (χ0) is 24.7. The number of nitrogens with one attached hydrogen (secondary N) is 1. The highest BCUT2D eigenvalue weighted by Crippen LogP contribution is 2.28. The number of amides is 1. The molecule has 8 nitrogen and oxygen atoms in total. The summed E-state index contributed by atoms with van der Waals surface area (Å²) < 4.78 is 21.4. The van der Waals surface area contributed by atoms with E-state index in [-0.39, 0.29) is 22.8 Å². The van der Waals surface area contributed by atoms with Gasteiger partial charge in [-0.25, -0.2) is 9.59 Å². The number of carbonyl (C=O) groups is 2. The van der Waals surface area contributed by atoms with Crippen LogP contribution in [0.2, 0.25) is 0 Å². The van der Waals surface area contributed by atoms with E-state index in [0.29, 0.717) is 30.0 Å². The van der Waals surface area contributed by atoms with Crippen LogP contribution >= 0.6 is 0 Å². The number of carbonyl (C=O) groups excluding carboxylic acids is 2. The highest BCUT2D eigenvalue weighted by molar-refractivity contribution is 5.97. The van der Waals surface area contributed by atoms with E-state index in [1.165, 1.54) is 18.2 Å². The topological polar surface area (TPSA) is 104 Å². The predicted octanol–water partition coefficient (Wildman–Crippen LogP) is 4.20. The van der Waals surface area contributed by atoms with Crippen molar-refractivity contribution in [2.24, 2.45) is 5.92 Å². The van der Waals surface area contributed by atoms with E-state index in [2.05, 4.69) is 5.32 Å². The fourth-order valence-corrected chi connectivity index (χ4v) is 3.08. The molecule has 0 aliphatic heterocycles. The van der Waals surface area contributed by atoms with Gasteiger partial charge < -0.3 is 23.9 Å². The van der Waals surface area contributed by atoms with Gasteiger partial charge in [-0.1, -0.05) is 19.9 Å². The molecule has 0 unspecified atom stereocenters. The molecule has 3 rings (SSSR count). The lowest BCUT2D eigenvalue weighted by atomic mass is 10.1. The van der Waals surface area contributed by atoms with Crippen molar-refractivity contribution in [2.45, 2.75) is 20.8 Å². The number of fused-ring (bicyclic) bond motifs is 1. The fraction of sp³-hybridized carbons (Fsp3) is 0.269. The van der Waals surface area contributed by atoms with E-state index in [4.69, 9.17) is 18.6 Å². The molecular weight excluding hydrogens is 438 g/mol. The zero-order valence-corrected chi connectivity index (χ0v) is 19.5. The molecule has 178 valence electrons. The third kappa shape index (κ3) is 6.25. The van der Waals surface area contributed by atoms with E-state index in [9.17, 15) is 14.4 Å². The van der Waals surface area contributed by atoms with Gasteiger partial charge in [0.1, 0.15) is 16.9 Å². The number of esters is 1. The Balaban J connectivity index is 1.72. The number of benzene rings is 2. The molecule has 3 aromatic rings. The van der Waals surface area contributed by atoms with Crippen LogP contribution in [0.15, 0.2) is 57.8 Å². The molecule has 2 aromatic carbocycles. The van der Waals surface area contributed by atoms with Gasteiger partial charge in [-0.05, 0) is 54.8 Å². The molecule has 0 fully saturated rings. The number of methoxy groups -OCH3 is 1. The Kier molecular flexibility index (Phi) is 8.08. The molecular formula is C26H27NO7. The van der Waals surface area contributed by atoms with E-state index in [1.807, 2.05) is 20.8 Å². The quantitative estimate of drug-likeness (QED) is 0.219. The fourth-order valence-electron chi connectivity index (χ4n) is 3.08. The summed E-state index contributed by atoms with van der Waals surface area (Å²) in [5.41, 5.74) is 0.0918. The summed E-state index contributed by atoms with van der Waals surface area (Å²) >= 11 is 0. The molecule has 1 amide bonds. The molecule has 0 radical (unpaired) electrons. The van der Waals surface area contributed by atoms with Crippen molar-refractivity contribution in [1.82, 2.24) is 5.32 Å². The first-order valence-corrected chi connectivity index (χ1v) is 10.9. The molecule has 1 aromatic heterocycles. The molecule has 8 heteroatoms. The van der Waals surface area contributed by atoms with Crippen LogP contribution in [0.1, 0.15) is 36.7 Å². The predicted molar refractivity (Wildman–Crippen MR) is 128 cm³/mol. The van der Waals surface area contributed by atoms with Crippen LogP contribution in [0.4, 0.5) is 0 Å². The van der Waals surface area contributed by atoms with Crippen LogP contribution in [0.25, 0.3) is 17.0 Å². The Morgan fingerprint density at radius 2 is 1.88 bits per heavy atom. The van der Waals surface area contributed by atoms with Crippen LogP contribution in [0.3, 0.4) is 0 Å². The van der Waals surface area contributed by atoms with Gasteiger partial charge in [0.05, 0.1) is 13.7 Å². The lowest BCUT2D eigenvalue weighted by Crippen LogP contribution is -2.31. The maximum atomic E-state index is 12.3. The second kappa shape index (κ2) is 11.2. The molecule has 0 spiro atoms. The number of hydrogen-bond donors (Lipinski definition) is 1. The molecule has 1 N–H and O–H groups in total. The van der Waals surface area contributed by atoms with Gasteiger partial charge >= 0.3 is 11.6 Å². The van der Waals surface area contributed by atoms with Gasteiger partial charge in [0, 0.05) is 24.1 Å². The molecule has 0 saturated carbocycles. The van der Waals surface area contributed by atoms with E-state index in [1.54, 1.807) is 43.5 Å². The van der Waals surface area contributed by atoms with E-state index < -0.39 is 17.5 Å². The van der Waals surface area contributed by atoms with Crippen molar-refractivity contribution < 1.29 is 28.2 Å². The smallest absolute Gasteiger partial charge is 0.349 e. The summed E-state index contributed by atoms with van der Waals surface area (Å²) in [5, 5.41) is 3.23. The van der Waals surface area contributed by atoms with Gasteiger partial charge in [0.2, 0.25) is 0 Å². The van der Waals surface area contributed by atoms with Gasteiger partial charge in [-0.15, -0.1) is 0 Å². The second-order valence-corrected chi connectivity index (χ2v) is 7.85. The molecule has 0 aliphatic carbocycles. The Morgan fingerprint density at radius 3 is 2.59 bits per heavy atom. The normalized spacial score (nSPS) is 11.1. The maximum Gasteiger partial charge on any atom is 0.349 e. The van der Waals surface area contributed by atoms with E-state index >= 15 is 0 Å². The monoisotopic (exact) mass is 465 g/mol. The van der Waals surface area contributed by atoms with Crippen LogP contribution < -0.4 is 25.2 Å². The number of rotatable bonds is 9. The van der Waals surface area contributed by atoms with Crippen molar-refractivity contribution in [2.75, 3.05) is 20.3 Å². The summed E-state index contributed by atoms with van der Waals surface area (Å²) in [6.45, 7) is 6.75. The minimum Gasteiger partial charge on any atom is -0.493 e. The summed E-state index contributed by atoms with van der Waals surface area (Å²) in [6, 6.07) is 11.4. The van der Waals surface area contributed by atoms with Crippen LogP contribution in [0, 0.1) is 5.92 Å². The second-order valence-electron chi connectivity index (χ2n) is 7.85. The maximum absolute atomic E-state index is 12.3. The van der Waals surface area contributed by atoms with Crippen molar-refractivity contribution in [3.05, 3.63) is 70.1 Å². The van der Waals surface area contributed by atoms with Gasteiger partial charge in [-0.2, -0.15) is 0 Å². The van der Waals surface area contributed by atoms with Gasteiger partial charge in [0.25, 0.3) is 5.91 Å². The average Bonchev–Trinajstić information content (AvgIpc) is 2.81. The Labute approximate surface area is 197 Å². The molecule has 0 aliphatic rings. The van der Waals surface area contributed by atoms with Crippen molar-refractivity contribution in [3.63, 3.8) is 0 Å². The number of ether oxygens (including phenoxy) is 3. The third-order valence-electron chi connectivity index (χ3n) is 4.74. The minimum absolute atomic E-state index is 0.0772. The average molecular weight is 466 g/mol. The van der Waals surface area contributed by atoms with Gasteiger partial charge in [-0.3, -0.25) is 4.79 Å². The highest BCUT2D eigenvalue weighted by Gasteiger charge is 2.14. The lowest BCUT2D eigenvalue weighted by Gasteiger charge is -2.09. The zero-order valence-electron chi connectivity index (χ0n) is 19.5. The van der Waals surface area contributed by atoms with Crippen molar-refractivity contribution >= 4 is 28.9 Å². The lowest BCUT2D eigenvalue weighted by molar-refractivity contribution is -0.128. The molecule has 0 atom stereocenters. The first-order chi connectivity index (χ1) is 16.3. The molecule has 1 heterocycles. The number of hydrogen-bond acceptors (Lipinski definition) is 7. The SMILES string of the molecule is CCOc1ccc(/C=C/C(=O)Oc2ccc3cc(C(=O)NCC(C)C)c(=O)oc3c2)cc1OC. The summed E-state index contributed by atoms with van der Waals surface area (Å²) in [6.07, 6.45) is 2.86. The third-order valence-corrected chi connectivity index (χ3v) is 4.74. The van der Waals surface area contributed by atoms with E-state index in [0.717, 1.165) is 5.56 Å². The summed E-state index contributed by atoms with van der Waals surface area (Å²) in [5.74, 6) is 0.517. The highest BCUT2D eigenvalue weighted by atomic mass is 16.5. The summed E-state index contributed by atoms with van der Waals surface area (Å²) in [4.78, 5) is 36.8. The van der Waals surface area contributed by atoms with Crippen molar-refractivity contribution in [1.29, 1.82) is 0 Å². The Morgan fingerprint density at radius 1 is 1.09 bits per heavy atom. The Bertz CT molecular complexity index is 1270. The molecule has 0 saturated heterocycles. The van der Waals surface area contributed by atoms with Crippen LogP contribution in [-0.4, -0.2) is 32.1 Å². The first kappa shape index (κ1) is 24.6. The van der Waals surface area contributed by atoms with Crippen LogP contribution in [-0.2, 0) is 4.79 Å². The van der Waals surface area contributed by atoms with Crippen LogP contribution in [0.5, 0.6) is 17.2 Å². The van der Waals surface area contributed by atoms with Gasteiger partial charge in [0.15, 0.2) is 11.5 Å². The summed E-state index contributed by atoms with van der Waals surface area (Å²) in [7, 11) is 1.54. The largest absolute Gasteiger partial charge is 0.493 e. The molecule has 34 heavy (non-hydrogen) atoms. The first-order valence-electron chi connectivity index (χ1n) is 10.9. The molecule has 0 bridgehead atoms. The minimum atomic E-state index is -0.762. The standard InChI is InChI=1S/C26H27NO7/c1-5-32-21-10-6-17(12-23(21)31-4)7-11-24(28)33-19-9-8-18-13-20(25(29)27-15-16(2)3)26(30)34-22(18)14-19/h6-14,16H,5,15H2,1-4H3,(H,27,29)/b11-7+.